The Balaban J connectivity index is 2.76. The number of hydrogen-bond acceptors (Lipinski definition) is 3. The maximum Gasteiger partial charge on any atom is 0.0590 e. The monoisotopic (exact) mass is 254 g/mol. The first-order chi connectivity index (χ1) is 7.93. The van der Waals surface area contributed by atoms with Crippen molar-refractivity contribution < 1.29 is 0 Å². The number of rotatable bonds is 6. The standard InChI is InChI=1S/C14H26N2S/c1-10(2)6-8-16(5)13(12(4)15)14-11(3)7-9-17-14/h7,9-10,12-13H,6,8,15H2,1-5H3. The van der Waals surface area contributed by atoms with Crippen LogP contribution in [0.3, 0.4) is 0 Å². The zero-order valence-corrected chi connectivity index (χ0v) is 12.6. The van der Waals surface area contributed by atoms with Crippen LogP contribution in [0.25, 0.3) is 0 Å². The molecule has 17 heavy (non-hydrogen) atoms. The van der Waals surface area contributed by atoms with Crippen LogP contribution in [0.2, 0.25) is 0 Å². The van der Waals surface area contributed by atoms with Crippen molar-refractivity contribution in [2.75, 3.05) is 13.6 Å². The Labute approximate surface area is 110 Å². The van der Waals surface area contributed by atoms with E-state index in [1.165, 1.54) is 16.9 Å². The number of nitrogens with zero attached hydrogens (tertiary/aromatic N) is 1. The van der Waals surface area contributed by atoms with Crippen molar-refractivity contribution in [2.45, 2.75) is 46.2 Å². The maximum atomic E-state index is 6.17. The molecule has 1 aromatic heterocycles. The van der Waals surface area contributed by atoms with Crippen molar-refractivity contribution in [1.82, 2.24) is 4.90 Å². The van der Waals surface area contributed by atoms with E-state index >= 15 is 0 Å². The first kappa shape index (κ1) is 14.7. The molecule has 0 bridgehead atoms. The van der Waals surface area contributed by atoms with Crippen molar-refractivity contribution in [1.29, 1.82) is 0 Å². The van der Waals surface area contributed by atoms with Crippen LogP contribution in [0.1, 0.15) is 43.7 Å². The van der Waals surface area contributed by atoms with E-state index < -0.39 is 0 Å². The third-order valence-electron chi connectivity index (χ3n) is 3.20. The molecule has 1 heterocycles. The number of likely N-dealkylation sites (N-methyl/N-ethyl adjacent to an activating group) is 1. The van der Waals surface area contributed by atoms with Gasteiger partial charge in [0.2, 0.25) is 0 Å². The fraction of sp³-hybridized carbons (Fsp3) is 0.714. The summed E-state index contributed by atoms with van der Waals surface area (Å²) >= 11 is 1.83. The second-order valence-electron chi connectivity index (χ2n) is 5.43. The van der Waals surface area contributed by atoms with Gasteiger partial charge in [0.25, 0.3) is 0 Å². The second kappa shape index (κ2) is 6.53. The van der Waals surface area contributed by atoms with Crippen molar-refractivity contribution in [2.24, 2.45) is 11.7 Å². The highest BCUT2D eigenvalue weighted by molar-refractivity contribution is 7.10. The summed E-state index contributed by atoms with van der Waals surface area (Å²) in [6.45, 7) is 9.94. The quantitative estimate of drug-likeness (QED) is 0.843. The van der Waals surface area contributed by atoms with Crippen molar-refractivity contribution in [3.05, 3.63) is 21.9 Å². The largest absolute Gasteiger partial charge is 0.326 e. The van der Waals surface area contributed by atoms with E-state index in [0.717, 1.165) is 12.5 Å². The van der Waals surface area contributed by atoms with E-state index in [2.05, 4.69) is 51.1 Å². The first-order valence-corrected chi connectivity index (χ1v) is 7.31. The third kappa shape index (κ3) is 4.09. The van der Waals surface area contributed by atoms with Crippen LogP contribution < -0.4 is 5.73 Å². The van der Waals surface area contributed by atoms with Gasteiger partial charge in [-0.15, -0.1) is 11.3 Å². The lowest BCUT2D eigenvalue weighted by Gasteiger charge is -2.31. The Morgan fingerprint density at radius 3 is 2.41 bits per heavy atom. The molecule has 0 aliphatic rings. The fourth-order valence-corrected chi connectivity index (χ4v) is 3.34. The summed E-state index contributed by atoms with van der Waals surface area (Å²) in [6, 6.07) is 2.71. The van der Waals surface area contributed by atoms with Crippen molar-refractivity contribution >= 4 is 11.3 Å². The minimum atomic E-state index is 0.171. The smallest absolute Gasteiger partial charge is 0.0590 e. The van der Waals surface area contributed by atoms with E-state index in [1.54, 1.807) is 0 Å². The van der Waals surface area contributed by atoms with Crippen LogP contribution in [-0.4, -0.2) is 24.5 Å². The normalized spacial score (nSPS) is 15.5. The first-order valence-electron chi connectivity index (χ1n) is 6.43. The molecule has 0 radical (unpaired) electrons. The summed E-state index contributed by atoms with van der Waals surface area (Å²) in [5, 5.41) is 2.16. The molecule has 1 aromatic rings. The van der Waals surface area contributed by atoms with Gasteiger partial charge in [-0.05, 0) is 56.8 Å². The SMILES string of the molecule is Cc1ccsc1C(C(C)N)N(C)CCC(C)C. The van der Waals surface area contributed by atoms with Crippen LogP contribution in [0.4, 0.5) is 0 Å². The lowest BCUT2D eigenvalue weighted by atomic mass is 10.0. The molecule has 2 unspecified atom stereocenters. The average molecular weight is 254 g/mol. The Morgan fingerprint density at radius 2 is 2.00 bits per heavy atom. The van der Waals surface area contributed by atoms with Gasteiger partial charge >= 0.3 is 0 Å². The van der Waals surface area contributed by atoms with Gasteiger partial charge in [-0.25, -0.2) is 0 Å². The summed E-state index contributed by atoms with van der Waals surface area (Å²) in [5.41, 5.74) is 7.54. The second-order valence-corrected chi connectivity index (χ2v) is 6.38. The molecule has 0 saturated carbocycles. The molecule has 98 valence electrons. The van der Waals surface area contributed by atoms with Gasteiger partial charge in [-0.1, -0.05) is 13.8 Å². The lowest BCUT2D eigenvalue weighted by Crippen LogP contribution is -2.37. The van der Waals surface area contributed by atoms with Gasteiger partial charge in [0.1, 0.15) is 0 Å². The molecule has 2 nitrogen and oxygen atoms in total. The number of nitrogens with two attached hydrogens (primary N) is 1. The molecule has 0 fully saturated rings. The molecule has 3 heteroatoms. The molecule has 2 N–H and O–H groups in total. The Kier molecular flexibility index (Phi) is 5.63. The fourth-order valence-electron chi connectivity index (χ4n) is 2.13. The van der Waals surface area contributed by atoms with Gasteiger partial charge in [0, 0.05) is 10.9 Å². The summed E-state index contributed by atoms with van der Waals surface area (Å²) in [4.78, 5) is 3.83. The van der Waals surface area contributed by atoms with Crippen LogP contribution in [-0.2, 0) is 0 Å². The van der Waals surface area contributed by atoms with Crippen LogP contribution in [0.5, 0.6) is 0 Å². The van der Waals surface area contributed by atoms with Crippen molar-refractivity contribution in [3.8, 4) is 0 Å². The van der Waals surface area contributed by atoms with E-state index in [-0.39, 0.29) is 6.04 Å². The summed E-state index contributed by atoms with van der Waals surface area (Å²) < 4.78 is 0. The van der Waals surface area contributed by atoms with Gasteiger partial charge in [0.05, 0.1) is 6.04 Å². The Bertz CT molecular complexity index is 331. The predicted octanol–water partition coefficient (Wildman–Crippen LogP) is 3.42. The summed E-state index contributed by atoms with van der Waals surface area (Å²) in [5.74, 6) is 0.746. The minimum absolute atomic E-state index is 0.171. The molecule has 2 atom stereocenters. The highest BCUT2D eigenvalue weighted by Crippen LogP contribution is 2.30. The van der Waals surface area contributed by atoms with Gasteiger partial charge in [-0.2, -0.15) is 0 Å². The highest BCUT2D eigenvalue weighted by atomic mass is 32.1. The third-order valence-corrected chi connectivity index (χ3v) is 4.29. The number of aryl methyl sites for hydroxylation is 1. The van der Waals surface area contributed by atoms with E-state index in [4.69, 9.17) is 5.73 Å². The van der Waals surface area contributed by atoms with Gasteiger partial charge < -0.3 is 5.73 Å². The Hall–Kier alpha value is -0.380. The molecule has 0 saturated heterocycles. The van der Waals surface area contributed by atoms with E-state index in [9.17, 15) is 0 Å². The highest BCUT2D eigenvalue weighted by Gasteiger charge is 2.23. The molecular weight excluding hydrogens is 228 g/mol. The van der Waals surface area contributed by atoms with Crippen LogP contribution >= 0.6 is 11.3 Å². The van der Waals surface area contributed by atoms with E-state index in [1.807, 2.05) is 11.3 Å². The predicted molar refractivity (Wildman–Crippen MR) is 77.5 cm³/mol. The molecule has 0 spiro atoms. The molecular formula is C14H26N2S. The van der Waals surface area contributed by atoms with Crippen LogP contribution in [0.15, 0.2) is 11.4 Å². The zero-order chi connectivity index (χ0) is 13.0. The van der Waals surface area contributed by atoms with Gasteiger partial charge in [-0.3, -0.25) is 4.90 Å². The molecule has 0 aliphatic heterocycles. The average Bonchev–Trinajstić information content (AvgIpc) is 2.62. The minimum Gasteiger partial charge on any atom is -0.326 e. The summed E-state index contributed by atoms with van der Waals surface area (Å²) in [7, 11) is 2.19. The molecule has 1 rings (SSSR count). The molecule has 0 aliphatic carbocycles. The van der Waals surface area contributed by atoms with Gasteiger partial charge in [0.15, 0.2) is 0 Å². The maximum absolute atomic E-state index is 6.17. The lowest BCUT2D eigenvalue weighted by molar-refractivity contribution is 0.210. The van der Waals surface area contributed by atoms with Crippen LogP contribution in [0, 0.1) is 12.8 Å². The summed E-state index contributed by atoms with van der Waals surface area (Å²) in [6.07, 6.45) is 1.23. The molecule has 0 amide bonds. The Morgan fingerprint density at radius 1 is 1.35 bits per heavy atom. The zero-order valence-electron chi connectivity index (χ0n) is 11.7. The van der Waals surface area contributed by atoms with E-state index in [0.29, 0.717) is 6.04 Å². The number of hydrogen-bond donors (Lipinski definition) is 1. The number of thiophene rings is 1. The molecule has 0 aromatic carbocycles. The topological polar surface area (TPSA) is 29.3 Å². The van der Waals surface area contributed by atoms with Crippen molar-refractivity contribution in [3.63, 3.8) is 0 Å².